The molecule has 1 aromatic carbocycles. The van der Waals surface area contributed by atoms with Gasteiger partial charge >= 0.3 is 0 Å². The van der Waals surface area contributed by atoms with Gasteiger partial charge in [0.05, 0.1) is 6.61 Å². The number of hydrogen-bond acceptors (Lipinski definition) is 3. The van der Waals surface area contributed by atoms with Gasteiger partial charge in [-0.2, -0.15) is 0 Å². The van der Waals surface area contributed by atoms with Gasteiger partial charge in [0, 0.05) is 24.6 Å². The first kappa shape index (κ1) is 11.1. The summed E-state index contributed by atoms with van der Waals surface area (Å²) in [5.41, 5.74) is 7.39. The second kappa shape index (κ2) is 5.12. The third-order valence-corrected chi connectivity index (χ3v) is 2.95. The summed E-state index contributed by atoms with van der Waals surface area (Å²) in [6.45, 7) is 1.38. The Kier molecular flexibility index (Phi) is 3.57. The van der Waals surface area contributed by atoms with Crippen LogP contribution in [0.2, 0.25) is 0 Å². The van der Waals surface area contributed by atoms with Gasteiger partial charge in [-0.05, 0) is 30.5 Å². The van der Waals surface area contributed by atoms with E-state index in [1.807, 2.05) is 24.3 Å². The lowest BCUT2D eigenvalue weighted by Crippen LogP contribution is -2.26. The van der Waals surface area contributed by atoms with Crippen LogP contribution in [-0.2, 0) is 16.0 Å². The normalized spacial score (nSPS) is 20.6. The summed E-state index contributed by atoms with van der Waals surface area (Å²) >= 11 is 0. The lowest BCUT2D eigenvalue weighted by Gasteiger charge is -2.20. The van der Waals surface area contributed by atoms with E-state index in [0.29, 0.717) is 18.7 Å². The fourth-order valence-corrected chi connectivity index (χ4v) is 2.04. The summed E-state index contributed by atoms with van der Waals surface area (Å²) in [7, 11) is 0. The maximum Gasteiger partial charge on any atom is 0.142 e. The minimum absolute atomic E-state index is 0.0789. The van der Waals surface area contributed by atoms with Gasteiger partial charge in [-0.3, -0.25) is 4.79 Å². The van der Waals surface area contributed by atoms with Gasteiger partial charge in [0.1, 0.15) is 5.78 Å². The summed E-state index contributed by atoms with van der Waals surface area (Å²) < 4.78 is 5.32. The molecule has 2 rings (SSSR count). The fraction of sp³-hybridized carbons (Fsp3) is 0.462. The number of Topliss-reactive ketones (excluding diaryl/α,β-unsaturated/α-hetero) is 1. The van der Waals surface area contributed by atoms with E-state index in [0.717, 1.165) is 25.0 Å². The molecule has 3 nitrogen and oxygen atoms in total. The lowest BCUT2D eigenvalue weighted by atomic mass is 9.93. The quantitative estimate of drug-likeness (QED) is 0.789. The SMILES string of the molecule is Nc1cccc(CC(=O)C2CCCOC2)c1. The van der Waals surface area contributed by atoms with Crippen LogP contribution in [0.3, 0.4) is 0 Å². The molecule has 1 unspecified atom stereocenters. The first-order chi connectivity index (χ1) is 7.75. The van der Waals surface area contributed by atoms with Crippen LogP contribution in [0.15, 0.2) is 24.3 Å². The van der Waals surface area contributed by atoms with Gasteiger partial charge in [-0.25, -0.2) is 0 Å². The highest BCUT2D eigenvalue weighted by molar-refractivity contribution is 5.83. The second-order valence-electron chi connectivity index (χ2n) is 4.30. The Hall–Kier alpha value is -1.35. The Morgan fingerprint density at radius 2 is 2.38 bits per heavy atom. The van der Waals surface area contributed by atoms with Crippen molar-refractivity contribution in [2.45, 2.75) is 19.3 Å². The van der Waals surface area contributed by atoms with E-state index in [4.69, 9.17) is 10.5 Å². The van der Waals surface area contributed by atoms with Crippen molar-refractivity contribution in [2.24, 2.45) is 5.92 Å². The highest BCUT2D eigenvalue weighted by Gasteiger charge is 2.21. The van der Waals surface area contributed by atoms with Gasteiger partial charge in [0.25, 0.3) is 0 Å². The second-order valence-corrected chi connectivity index (χ2v) is 4.30. The molecule has 0 amide bonds. The number of carbonyl (C=O) groups is 1. The van der Waals surface area contributed by atoms with Crippen molar-refractivity contribution < 1.29 is 9.53 Å². The Morgan fingerprint density at radius 1 is 1.50 bits per heavy atom. The predicted molar refractivity (Wildman–Crippen MR) is 63.1 cm³/mol. The Balaban J connectivity index is 1.96. The Bertz CT molecular complexity index is 370. The number of anilines is 1. The van der Waals surface area contributed by atoms with E-state index in [9.17, 15) is 4.79 Å². The first-order valence-corrected chi connectivity index (χ1v) is 5.70. The molecule has 16 heavy (non-hydrogen) atoms. The average molecular weight is 219 g/mol. The van der Waals surface area contributed by atoms with E-state index in [2.05, 4.69) is 0 Å². The van der Waals surface area contributed by atoms with Gasteiger partial charge in [0.15, 0.2) is 0 Å². The topological polar surface area (TPSA) is 52.3 Å². The van der Waals surface area contributed by atoms with Crippen molar-refractivity contribution >= 4 is 11.5 Å². The summed E-state index contributed by atoms with van der Waals surface area (Å²) in [5, 5.41) is 0. The molecule has 1 aliphatic heterocycles. The van der Waals surface area contributed by atoms with Crippen molar-refractivity contribution in [3.63, 3.8) is 0 Å². The smallest absolute Gasteiger partial charge is 0.142 e. The van der Waals surface area contributed by atoms with E-state index < -0.39 is 0 Å². The van der Waals surface area contributed by atoms with E-state index in [1.165, 1.54) is 0 Å². The van der Waals surface area contributed by atoms with E-state index in [1.54, 1.807) is 0 Å². The number of ketones is 1. The van der Waals surface area contributed by atoms with Crippen LogP contribution in [0.5, 0.6) is 0 Å². The molecule has 1 aromatic rings. The predicted octanol–water partition coefficient (Wildman–Crippen LogP) is 1.81. The first-order valence-electron chi connectivity index (χ1n) is 5.70. The highest BCUT2D eigenvalue weighted by atomic mass is 16.5. The van der Waals surface area contributed by atoms with Gasteiger partial charge < -0.3 is 10.5 Å². The van der Waals surface area contributed by atoms with Crippen LogP contribution in [0.25, 0.3) is 0 Å². The van der Waals surface area contributed by atoms with Crippen LogP contribution in [0, 0.1) is 5.92 Å². The van der Waals surface area contributed by atoms with Gasteiger partial charge in [-0.1, -0.05) is 12.1 Å². The van der Waals surface area contributed by atoms with Crippen LogP contribution >= 0.6 is 0 Å². The molecule has 0 bridgehead atoms. The highest BCUT2D eigenvalue weighted by Crippen LogP contribution is 2.17. The van der Waals surface area contributed by atoms with Crippen molar-refractivity contribution in [2.75, 3.05) is 18.9 Å². The third kappa shape index (κ3) is 2.83. The molecule has 86 valence electrons. The molecule has 0 radical (unpaired) electrons. The van der Waals surface area contributed by atoms with Crippen LogP contribution < -0.4 is 5.73 Å². The maximum absolute atomic E-state index is 12.0. The summed E-state index contributed by atoms with van der Waals surface area (Å²) in [4.78, 5) is 12.0. The van der Waals surface area contributed by atoms with Crippen LogP contribution in [-0.4, -0.2) is 19.0 Å². The van der Waals surface area contributed by atoms with Crippen molar-refractivity contribution in [1.82, 2.24) is 0 Å². The molecule has 2 N–H and O–H groups in total. The van der Waals surface area contributed by atoms with Gasteiger partial charge in [-0.15, -0.1) is 0 Å². The van der Waals surface area contributed by atoms with E-state index >= 15 is 0 Å². The number of nitrogens with two attached hydrogens (primary N) is 1. The number of benzene rings is 1. The van der Waals surface area contributed by atoms with Crippen LogP contribution in [0.4, 0.5) is 5.69 Å². The molecule has 1 saturated heterocycles. The lowest BCUT2D eigenvalue weighted by molar-refractivity contribution is -0.126. The molecular weight excluding hydrogens is 202 g/mol. The third-order valence-electron chi connectivity index (χ3n) is 2.95. The Morgan fingerprint density at radius 3 is 3.06 bits per heavy atom. The minimum Gasteiger partial charge on any atom is -0.399 e. The van der Waals surface area contributed by atoms with Crippen molar-refractivity contribution in [1.29, 1.82) is 0 Å². The minimum atomic E-state index is 0.0789. The molecule has 1 heterocycles. The van der Waals surface area contributed by atoms with Crippen LogP contribution in [0.1, 0.15) is 18.4 Å². The summed E-state index contributed by atoms with van der Waals surface area (Å²) in [6.07, 6.45) is 2.42. The molecule has 0 aromatic heterocycles. The number of nitrogen functional groups attached to an aromatic ring is 1. The monoisotopic (exact) mass is 219 g/mol. The van der Waals surface area contributed by atoms with Gasteiger partial charge in [0.2, 0.25) is 0 Å². The zero-order valence-corrected chi connectivity index (χ0v) is 9.32. The molecule has 1 fully saturated rings. The largest absolute Gasteiger partial charge is 0.399 e. The molecule has 0 saturated carbocycles. The number of rotatable bonds is 3. The number of hydrogen-bond donors (Lipinski definition) is 1. The molecule has 1 aliphatic rings. The average Bonchev–Trinajstić information content (AvgIpc) is 2.30. The standard InChI is InChI=1S/C13H17NO2/c14-12-5-1-3-10(7-12)8-13(15)11-4-2-6-16-9-11/h1,3,5,7,11H,2,4,6,8-9,14H2. The fourth-order valence-electron chi connectivity index (χ4n) is 2.04. The number of carbonyl (C=O) groups excluding carboxylic acids is 1. The molecule has 1 atom stereocenters. The van der Waals surface area contributed by atoms with Crippen molar-refractivity contribution in [3.8, 4) is 0 Å². The molecule has 0 aliphatic carbocycles. The summed E-state index contributed by atoms with van der Waals surface area (Å²) in [5.74, 6) is 0.348. The number of ether oxygens (including phenoxy) is 1. The molecule has 0 spiro atoms. The summed E-state index contributed by atoms with van der Waals surface area (Å²) in [6, 6.07) is 7.52. The van der Waals surface area contributed by atoms with Crippen molar-refractivity contribution in [3.05, 3.63) is 29.8 Å². The zero-order valence-electron chi connectivity index (χ0n) is 9.32. The Labute approximate surface area is 95.6 Å². The zero-order chi connectivity index (χ0) is 11.4. The molecular formula is C13H17NO2. The maximum atomic E-state index is 12.0. The van der Waals surface area contributed by atoms with E-state index in [-0.39, 0.29) is 11.7 Å². The molecule has 3 heteroatoms.